The van der Waals surface area contributed by atoms with Gasteiger partial charge in [0.15, 0.2) is 0 Å². The lowest BCUT2D eigenvalue weighted by Crippen LogP contribution is -2.41. The molecule has 0 amide bonds. The summed E-state index contributed by atoms with van der Waals surface area (Å²) in [5, 5.41) is 0. The predicted octanol–water partition coefficient (Wildman–Crippen LogP) is 2.22. The van der Waals surface area contributed by atoms with Crippen LogP contribution in [0.4, 0.5) is 4.39 Å². The van der Waals surface area contributed by atoms with Gasteiger partial charge in [-0.3, -0.25) is 0 Å². The van der Waals surface area contributed by atoms with Crippen molar-refractivity contribution in [3.05, 3.63) is 29.1 Å². The standard InChI is InChI=1S/C15H20BFO4/c1-9-7-10(13(18)19-6)12(17)8-11(9)16-20-14(2,3)15(4,5)21-16/h7-8H,1-6H3. The smallest absolute Gasteiger partial charge is 0.465 e. The molecule has 0 N–H and O–H groups in total. The Bertz CT molecular complexity index is 567. The van der Waals surface area contributed by atoms with Crippen molar-refractivity contribution in [2.75, 3.05) is 7.11 Å². The highest BCUT2D eigenvalue weighted by molar-refractivity contribution is 6.62. The third-order valence-corrected chi connectivity index (χ3v) is 4.27. The first kappa shape index (κ1) is 16.0. The molecule has 21 heavy (non-hydrogen) atoms. The molecule has 0 saturated carbocycles. The highest BCUT2D eigenvalue weighted by Gasteiger charge is 2.52. The van der Waals surface area contributed by atoms with Gasteiger partial charge in [-0.1, -0.05) is 5.56 Å². The molecule has 0 aliphatic carbocycles. The Morgan fingerprint density at radius 3 is 2.19 bits per heavy atom. The summed E-state index contributed by atoms with van der Waals surface area (Å²) < 4.78 is 30.5. The second-order valence-electron chi connectivity index (χ2n) is 6.27. The molecule has 1 aromatic carbocycles. The molecule has 1 heterocycles. The van der Waals surface area contributed by atoms with Crippen LogP contribution >= 0.6 is 0 Å². The van der Waals surface area contributed by atoms with Gasteiger partial charge in [-0.2, -0.15) is 0 Å². The SMILES string of the molecule is COC(=O)c1cc(C)c(B2OC(C)(C)C(C)(C)O2)cc1F. The van der Waals surface area contributed by atoms with Gasteiger partial charge in [0.05, 0.1) is 23.9 Å². The van der Waals surface area contributed by atoms with Crippen molar-refractivity contribution in [1.29, 1.82) is 0 Å². The quantitative estimate of drug-likeness (QED) is 0.620. The molecule has 0 spiro atoms. The summed E-state index contributed by atoms with van der Waals surface area (Å²) in [4.78, 5) is 11.5. The summed E-state index contributed by atoms with van der Waals surface area (Å²) in [6.45, 7) is 9.51. The van der Waals surface area contributed by atoms with Crippen LogP contribution in [0, 0.1) is 12.7 Å². The number of ether oxygens (including phenoxy) is 1. The van der Waals surface area contributed by atoms with E-state index < -0.39 is 30.1 Å². The number of carbonyl (C=O) groups is 1. The van der Waals surface area contributed by atoms with Crippen LogP contribution in [-0.4, -0.2) is 31.4 Å². The molecule has 1 aromatic rings. The van der Waals surface area contributed by atoms with E-state index in [1.807, 2.05) is 27.7 Å². The number of esters is 1. The number of hydrogen-bond acceptors (Lipinski definition) is 4. The Morgan fingerprint density at radius 1 is 1.19 bits per heavy atom. The minimum atomic E-state index is -0.698. The van der Waals surface area contributed by atoms with Crippen molar-refractivity contribution >= 4 is 18.6 Å². The average Bonchev–Trinajstić information content (AvgIpc) is 2.59. The molecule has 1 aliphatic heterocycles. The Hall–Kier alpha value is -1.40. The van der Waals surface area contributed by atoms with Gasteiger partial charge in [-0.25, -0.2) is 9.18 Å². The largest absolute Gasteiger partial charge is 0.495 e. The van der Waals surface area contributed by atoms with Crippen molar-refractivity contribution in [2.45, 2.75) is 45.8 Å². The number of rotatable bonds is 2. The van der Waals surface area contributed by atoms with Gasteiger partial charge in [0.25, 0.3) is 0 Å². The Labute approximate surface area is 124 Å². The maximum Gasteiger partial charge on any atom is 0.495 e. The van der Waals surface area contributed by atoms with E-state index in [0.717, 1.165) is 5.56 Å². The minimum Gasteiger partial charge on any atom is -0.465 e. The van der Waals surface area contributed by atoms with E-state index in [1.165, 1.54) is 19.2 Å². The van der Waals surface area contributed by atoms with E-state index in [-0.39, 0.29) is 5.56 Å². The fourth-order valence-electron chi connectivity index (χ4n) is 2.19. The topological polar surface area (TPSA) is 44.8 Å². The lowest BCUT2D eigenvalue weighted by Gasteiger charge is -2.32. The number of hydrogen-bond donors (Lipinski definition) is 0. The predicted molar refractivity (Wildman–Crippen MR) is 78.2 cm³/mol. The number of carbonyl (C=O) groups excluding carboxylic acids is 1. The molecule has 0 atom stereocenters. The van der Waals surface area contributed by atoms with Crippen LogP contribution in [0.25, 0.3) is 0 Å². The molecule has 0 bridgehead atoms. The Morgan fingerprint density at radius 2 is 1.71 bits per heavy atom. The normalized spacial score (nSPS) is 19.7. The zero-order valence-electron chi connectivity index (χ0n) is 13.2. The molecule has 114 valence electrons. The third-order valence-electron chi connectivity index (χ3n) is 4.27. The van der Waals surface area contributed by atoms with Crippen molar-refractivity contribution < 1.29 is 23.2 Å². The van der Waals surface area contributed by atoms with E-state index in [0.29, 0.717) is 5.46 Å². The zero-order valence-corrected chi connectivity index (χ0v) is 13.2. The molecule has 0 unspecified atom stereocenters. The average molecular weight is 294 g/mol. The van der Waals surface area contributed by atoms with Crippen LogP contribution in [-0.2, 0) is 14.0 Å². The summed E-state index contributed by atoms with van der Waals surface area (Å²) in [7, 11) is 0.565. The summed E-state index contributed by atoms with van der Waals surface area (Å²) >= 11 is 0. The molecule has 0 aromatic heterocycles. The molecule has 1 aliphatic rings. The lowest BCUT2D eigenvalue weighted by molar-refractivity contribution is 0.00578. The van der Waals surface area contributed by atoms with Gasteiger partial charge in [0.1, 0.15) is 5.82 Å². The highest BCUT2D eigenvalue weighted by atomic mass is 19.1. The van der Waals surface area contributed by atoms with E-state index >= 15 is 0 Å². The fraction of sp³-hybridized carbons (Fsp3) is 0.533. The Kier molecular flexibility index (Phi) is 3.89. The van der Waals surface area contributed by atoms with Crippen LogP contribution in [0.15, 0.2) is 12.1 Å². The summed E-state index contributed by atoms with van der Waals surface area (Å²) in [5.41, 5.74) is 0.216. The van der Waals surface area contributed by atoms with Crippen molar-refractivity contribution in [2.24, 2.45) is 0 Å². The van der Waals surface area contributed by atoms with Crippen molar-refractivity contribution in [1.82, 2.24) is 0 Å². The van der Waals surface area contributed by atoms with Crippen LogP contribution in [0.3, 0.4) is 0 Å². The fourth-order valence-corrected chi connectivity index (χ4v) is 2.19. The molecule has 2 rings (SSSR count). The van der Waals surface area contributed by atoms with Crippen molar-refractivity contribution in [3.8, 4) is 0 Å². The van der Waals surface area contributed by atoms with E-state index in [4.69, 9.17) is 9.31 Å². The van der Waals surface area contributed by atoms with Gasteiger partial charge >= 0.3 is 13.1 Å². The van der Waals surface area contributed by atoms with E-state index in [1.54, 1.807) is 6.92 Å². The molecule has 1 saturated heterocycles. The maximum absolute atomic E-state index is 14.1. The van der Waals surface area contributed by atoms with Crippen LogP contribution in [0.2, 0.25) is 0 Å². The van der Waals surface area contributed by atoms with Crippen LogP contribution in [0.5, 0.6) is 0 Å². The van der Waals surface area contributed by atoms with Crippen molar-refractivity contribution in [3.63, 3.8) is 0 Å². The lowest BCUT2D eigenvalue weighted by atomic mass is 9.75. The third kappa shape index (κ3) is 2.70. The molecular weight excluding hydrogens is 274 g/mol. The zero-order chi connectivity index (χ0) is 16.0. The molecule has 1 fully saturated rings. The molecule has 0 radical (unpaired) electrons. The summed E-state index contributed by atoms with van der Waals surface area (Å²) in [5.74, 6) is -1.34. The molecule has 6 heteroatoms. The maximum atomic E-state index is 14.1. The molecule has 4 nitrogen and oxygen atoms in total. The van der Waals surface area contributed by atoms with Crippen LogP contribution in [0.1, 0.15) is 43.6 Å². The number of benzene rings is 1. The Balaban J connectivity index is 2.39. The number of aryl methyl sites for hydroxylation is 1. The minimum absolute atomic E-state index is 0.0877. The second-order valence-corrected chi connectivity index (χ2v) is 6.27. The van der Waals surface area contributed by atoms with Gasteiger partial charge in [0, 0.05) is 0 Å². The van der Waals surface area contributed by atoms with Gasteiger partial charge < -0.3 is 14.0 Å². The second kappa shape index (κ2) is 5.11. The van der Waals surface area contributed by atoms with E-state index in [2.05, 4.69) is 4.74 Å². The van der Waals surface area contributed by atoms with Gasteiger partial charge in [-0.15, -0.1) is 0 Å². The first-order chi connectivity index (χ1) is 9.59. The number of halogens is 1. The van der Waals surface area contributed by atoms with E-state index in [9.17, 15) is 9.18 Å². The monoisotopic (exact) mass is 294 g/mol. The van der Waals surface area contributed by atoms with Gasteiger partial charge in [-0.05, 0) is 52.2 Å². The first-order valence-corrected chi connectivity index (χ1v) is 6.83. The summed E-state index contributed by atoms with van der Waals surface area (Å²) in [6, 6.07) is 2.74. The highest BCUT2D eigenvalue weighted by Crippen LogP contribution is 2.36. The van der Waals surface area contributed by atoms with Gasteiger partial charge in [0.2, 0.25) is 0 Å². The molecular formula is C15H20BFO4. The number of methoxy groups -OCH3 is 1. The summed E-state index contributed by atoms with van der Waals surface area (Å²) in [6.07, 6.45) is 0. The first-order valence-electron chi connectivity index (χ1n) is 6.83. The van der Waals surface area contributed by atoms with Crippen LogP contribution < -0.4 is 5.46 Å².